The van der Waals surface area contributed by atoms with E-state index in [-0.39, 0.29) is 45.1 Å². The maximum atomic E-state index is 13.2. The highest BCUT2D eigenvalue weighted by Crippen LogP contribution is 2.72. The van der Waals surface area contributed by atoms with Gasteiger partial charge in [-0.2, -0.15) is 0 Å². The molecule has 0 spiro atoms. The Labute approximate surface area is 241 Å². The second-order valence-electron chi connectivity index (χ2n) is 17.2. The first-order valence-corrected chi connectivity index (χ1v) is 16.5. The molecular weight excluding hydrogens is 496 g/mol. The third-order valence-corrected chi connectivity index (χ3v) is 15.8. The SMILES string of the molecule is CC1(C)[C@@H]2CC[C@@]1(C)[C@@](O)(C(=O)[C@@H]1C[C@@H]3C=C[C@H]1C3)C2.CC1(C)[C@@H]2CC[C@@]1(C)[C@@](O)(C(=O)[C@@H]1C[C@@H]3C=C[C@H]1C3)C2. The molecular formula is C36H52O4. The second-order valence-corrected chi connectivity index (χ2v) is 17.2. The van der Waals surface area contributed by atoms with Gasteiger partial charge >= 0.3 is 0 Å². The molecule has 8 aliphatic carbocycles. The lowest BCUT2D eigenvalue weighted by atomic mass is 9.61. The van der Waals surface area contributed by atoms with Crippen LogP contribution >= 0.6 is 0 Å². The molecule has 12 atom stereocenters. The van der Waals surface area contributed by atoms with Gasteiger partial charge in [0.1, 0.15) is 11.2 Å². The summed E-state index contributed by atoms with van der Waals surface area (Å²) in [6, 6.07) is 0. The predicted octanol–water partition coefficient (Wildman–Crippen LogP) is 6.69. The van der Waals surface area contributed by atoms with Gasteiger partial charge in [-0.1, -0.05) is 65.8 Å². The van der Waals surface area contributed by atoms with Gasteiger partial charge in [-0.3, -0.25) is 9.59 Å². The standard InChI is InChI=1S/2C18H26O2/c2*1-16(2)13-6-7-17(16,3)18(20,10-13)15(19)14-9-11-4-5-12(14)8-11/h2*4-5,11-14,20H,6-10H2,1-3H3/t2*11-,12+,13-,14-,17-,18+/m11/s1. The fraction of sp³-hybridized carbons (Fsp3) is 0.833. The summed E-state index contributed by atoms with van der Waals surface area (Å²) in [5.74, 6) is 3.54. The van der Waals surface area contributed by atoms with Crippen molar-refractivity contribution in [2.75, 3.05) is 0 Å². The Hall–Kier alpha value is -1.26. The third kappa shape index (κ3) is 3.12. The number of rotatable bonds is 4. The van der Waals surface area contributed by atoms with Gasteiger partial charge in [0, 0.05) is 22.7 Å². The van der Waals surface area contributed by atoms with E-state index in [4.69, 9.17) is 0 Å². The van der Waals surface area contributed by atoms with E-state index in [1.165, 1.54) is 12.8 Å². The Bertz CT molecular complexity index is 1100. The highest BCUT2D eigenvalue weighted by molar-refractivity contribution is 5.92. The summed E-state index contributed by atoms with van der Waals surface area (Å²) < 4.78 is 0. The zero-order valence-electron chi connectivity index (χ0n) is 25.7. The molecule has 40 heavy (non-hydrogen) atoms. The van der Waals surface area contributed by atoms with E-state index in [9.17, 15) is 19.8 Å². The third-order valence-electron chi connectivity index (χ3n) is 15.8. The maximum absolute atomic E-state index is 13.2. The number of carbonyl (C=O) groups excluding carboxylic acids is 2. The van der Waals surface area contributed by atoms with E-state index in [2.05, 4.69) is 65.8 Å². The molecule has 0 saturated heterocycles. The lowest BCUT2D eigenvalue weighted by Gasteiger charge is -2.45. The Morgan fingerprint density at radius 3 is 1.20 bits per heavy atom. The minimum atomic E-state index is -1.07. The molecule has 0 aromatic carbocycles. The number of carbonyl (C=O) groups is 2. The van der Waals surface area contributed by atoms with E-state index in [1.54, 1.807) is 0 Å². The first kappa shape index (κ1) is 27.6. The minimum Gasteiger partial charge on any atom is -0.381 e. The summed E-state index contributed by atoms with van der Waals surface area (Å²) >= 11 is 0. The number of aliphatic hydroxyl groups is 2. The summed E-state index contributed by atoms with van der Waals surface area (Å²) in [5, 5.41) is 22.7. The number of hydrogen-bond donors (Lipinski definition) is 2. The molecule has 2 N–H and O–H groups in total. The number of fused-ring (bicyclic) bond motifs is 8. The smallest absolute Gasteiger partial charge is 0.168 e. The summed E-state index contributed by atoms with van der Waals surface area (Å²) in [5.41, 5.74) is -2.42. The molecule has 8 rings (SSSR count). The quantitative estimate of drug-likeness (QED) is 0.384. The first-order chi connectivity index (χ1) is 18.6. The summed E-state index contributed by atoms with van der Waals surface area (Å²) in [4.78, 5) is 26.3. The van der Waals surface area contributed by atoms with Crippen molar-refractivity contribution in [2.24, 2.45) is 69.0 Å². The van der Waals surface area contributed by atoms with Gasteiger partial charge in [0.15, 0.2) is 11.6 Å². The van der Waals surface area contributed by atoms with Gasteiger partial charge in [-0.15, -0.1) is 0 Å². The zero-order valence-corrected chi connectivity index (χ0v) is 25.7. The van der Waals surface area contributed by atoms with Crippen LogP contribution in [-0.2, 0) is 9.59 Å². The van der Waals surface area contributed by atoms with Crippen molar-refractivity contribution in [3.63, 3.8) is 0 Å². The highest BCUT2D eigenvalue weighted by atomic mass is 16.3. The minimum absolute atomic E-state index is 0.0852. The van der Waals surface area contributed by atoms with Crippen LogP contribution in [0.25, 0.3) is 0 Å². The molecule has 4 heteroatoms. The monoisotopic (exact) mass is 548 g/mol. The van der Waals surface area contributed by atoms with Gasteiger partial charge in [0.05, 0.1) is 0 Å². The van der Waals surface area contributed by atoms with E-state index in [0.717, 1.165) is 38.5 Å². The van der Waals surface area contributed by atoms with Gasteiger partial charge in [-0.05, 0) is 111 Å². The van der Waals surface area contributed by atoms with E-state index >= 15 is 0 Å². The first-order valence-electron chi connectivity index (χ1n) is 16.5. The number of Topliss-reactive ketones (excluding diaryl/α,β-unsaturated/α-hetero) is 2. The lowest BCUT2D eigenvalue weighted by Crippen LogP contribution is -2.55. The van der Waals surface area contributed by atoms with Crippen LogP contribution in [0.15, 0.2) is 24.3 Å². The van der Waals surface area contributed by atoms with Crippen molar-refractivity contribution in [1.82, 2.24) is 0 Å². The molecule has 0 aromatic heterocycles. The molecule has 6 fully saturated rings. The van der Waals surface area contributed by atoms with Crippen LogP contribution < -0.4 is 0 Å². The summed E-state index contributed by atoms with van der Waals surface area (Å²) in [7, 11) is 0. The van der Waals surface area contributed by atoms with E-state index in [0.29, 0.717) is 48.3 Å². The molecule has 0 aromatic rings. The molecule has 6 saturated carbocycles. The van der Waals surface area contributed by atoms with E-state index in [1.807, 2.05) is 0 Å². The van der Waals surface area contributed by atoms with Crippen molar-refractivity contribution in [2.45, 2.75) is 117 Å². The van der Waals surface area contributed by atoms with Crippen molar-refractivity contribution in [1.29, 1.82) is 0 Å². The predicted molar refractivity (Wildman–Crippen MR) is 156 cm³/mol. The van der Waals surface area contributed by atoms with Crippen molar-refractivity contribution < 1.29 is 19.8 Å². The molecule has 0 amide bonds. The number of ketones is 2. The van der Waals surface area contributed by atoms with Crippen molar-refractivity contribution >= 4 is 11.6 Å². The van der Waals surface area contributed by atoms with Gasteiger partial charge in [0.25, 0.3) is 0 Å². The Morgan fingerprint density at radius 1 is 0.600 bits per heavy atom. The van der Waals surface area contributed by atoms with Crippen LogP contribution in [0, 0.1) is 69.0 Å². The fourth-order valence-corrected chi connectivity index (χ4v) is 12.1. The molecule has 0 heterocycles. The van der Waals surface area contributed by atoms with Crippen molar-refractivity contribution in [3.8, 4) is 0 Å². The Balaban J connectivity index is 0.000000132. The topological polar surface area (TPSA) is 74.6 Å². The summed E-state index contributed by atoms with van der Waals surface area (Å²) in [6.07, 6.45) is 19.0. The van der Waals surface area contributed by atoms with Gasteiger partial charge in [0.2, 0.25) is 0 Å². The van der Waals surface area contributed by atoms with Crippen LogP contribution in [0.5, 0.6) is 0 Å². The average Bonchev–Trinajstić information content (AvgIpc) is 3.78. The molecule has 8 bridgehead atoms. The Kier molecular flexibility index (Phi) is 5.66. The van der Waals surface area contributed by atoms with Gasteiger partial charge in [-0.25, -0.2) is 0 Å². The number of hydrogen-bond acceptors (Lipinski definition) is 4. The van der Waals surface area contributed by atoms with Crippen LogP contribution in [-0.4, -0.2) is 33.0 Å². The highest BCUT2D eigenvalue weighted by Gasteiger charge is 2.73. The molecule has 0 unspecified atom stereocenters. The summed E-state index contributed by atoms with van der Waals surface area (Å²) in [6.45, 7) is 13.4. The second kappa shape index (κ2) is 8.22. The molecule has 0 aliphatic heterocycles. The number of allylic oxidation sites excluding steroid dienone is 4. The molecule has 220 valence electrons. The van der Waals surface area contributed by atoms with Crippen LogP contribution in [0.4, 0.5) is 0 Å². The molecule has 4 nitrogen and oxygen atoms in total. The fourth-order valence-electron chi connectivity index (χ4n) is 12.1. The normalized spacial score (nSPS) is 54.8. The lowest BCUT2D eigenvalue weighted by molar-refractivity contribution is -0.160. The van der Waals surface area contributed by atoms with Crippen molar-refractivity contribution in [3.05, 3.63) is 24.3 Å². The Morgan fingerprint density at radius 2 is 0.975 bits per heavy atom. The van der Waals surface area contributed by atoms with Crippen LogP contribution in [0.1, 0.15) is 106 Å². The average molecular weight is 549 g/mol. The molecule has 0 radical (unpaired) electrons. The van der Waals surface area contributed by atoms with Gasteiger partial charge < -0.3 is 10.2 Å². The van der Waals surface area contributed by atoms with Crippen LogP contribution in [0.3, 0.4) is 0 Å². The van der Waals surface area contributed by atoms with Crippen LogP contribution in [0.2, 0.25) is 0 Å². The van der Waals surface area contributed by atoms with E-state index < -0.39 is 11.2 Å². The zero-order chi connectivity index (χ0) is 28.7. The largest absolute Gasteiger partial charge is 0.381 e. The maximum Gasteiger partial charge on any atom is 0.168 e. The molecule has 8 aliphatic rings.